The molecule has 1 aromatic heterocycles. The molecule has 0 bridgehead atoms. The number of pyridine rings is 1. The Labute approximate surface area is 124 Å². The number of nitrogens with zero attached hydrogens (tertiary/aromatic N) is 1. The lowest BCUT2D eigenvalue weighted by molar-refractivity contribution is 0.601. The largest absolute Gasteiger partial charge is 0.398 e. The third-order valence-corrected chi connectivity index (χ3v) is 4.55. The summed E-state index contributed by atoms with van der Waals surface area (Å²) in [6.45, 7) is 0. The Morgan fingerprint density at radius 3 is 2.58 bits per heavy atom. The van der Waals surface area contributed by atoms with Crippen LogP contribution in [0, 0.1) is 0 Å². The number of nitrogen functional groups attached to an aromatic ring is 1. The normalized spacial score (nSPS) is 11.3. The number of hydrogen-bond donors (Lipinski definition) is 2. The van der Waals surface area contributed by atoms with Gasteiger partial charge in [0.05, 0.1) is 16.8 Å². The first-order valence-corrected chi connectivity index (χ1v) is 7.73. The fraction of sp³-hybridized carbons (Fsp3) is 0. The second kappa shape index (κ2) is 5.36. The van der Waals surface area contributed by atoms with E-state index in [0.717, 1.165) is 0 Å². The van der Waals surface area contributed by atoms with Crippen molar-refractivity contribution in [3.63, 3.8) is 0 Å². The molecular formula is C11H9BrClN3O2S. The minimum absolute atomic E-state index is 0.100. The predicted molar refractivity (Wildman–Crippen MR) is 78.6 cm³/mol. The van der Waals surface area contributed by atoms with Crippen LogP contribution in [-0.4, -0.2) is 13.4 Å². The molecule has 0 spiro atoms. The number of sulfonamides is 1. The van der Waals surface area contributed by atoms with E-state index in [1.54, 1.807) is 0 Å². The number of aromatic nitrogens is 1. The van der Waals surface area contributed by atoms with E-state index in [-0.39, 0.29) is 10.0 Å². The zero-order chi connectivity index (χ0) is 14.0. The Balaban J connectivity index is 2.32. The van der Waals surface area contributed by atoms with Gasteiger partial charge >= 0.3 is 0 Å². The SMILES string of the molecule is Nc1ccc(S(=O)(=O)Nc2ccc(Cl)nc2)cc1Br. The monoisotopic (exact) mass is 361 g/mol. The van der Waals surface area contributed by atoms with Gasteiger partial charge in [-0.25, -0.2) is 13.4 Å². The second-order valence-electron chi connectivity index (χ2n) is 3.66. The Hall–Kier alpha value is -1.31. The summed E-state index contributed by atoms with van der Waals surface area (Å²) in [5.41, 5.74) is 6.41. The van der Waals surface area contributed by atoms with Gasteiger partial charge in [-0.1, -0.05) is 11.6 Å². The van der Waals surface area contributed by atoms with Gasteiger partial charge in [-0.2, -0.15) is 0 Å². The van der Waals surface area contributed by atoms with E-state index in [0.29, 0.717) is 15.8 Å². The van der Waals surface area contributed by atoms with Gasteiger partial charge in [-0.3, -0.25) is 4.72 Å². The Morgan fingerprint density at radius 2 is 2.00 bits per heavy atom. The molecule has 0 saturated carbocycles. The van der Waals surface area contributed by atoms with Crippen LogP contribution in [0.15, 0.2) is 45.9 Å². The molecule has 0 aliphatic carbocycles. The van der Waals surface area contributed by atoms with E-state index in [1.165, 1.54) is 36.5 Å². The molecule has 8 heteroatoms. The van der Waals surface area contributed by atoms with Crippen LogP contribution in [0.4, 0.5) is 11.4 Å². The molecule has 19 heavy (non-hydrogen) atoms. The number of halogens is 2. The van der Waals surface area contributed by atoms with Crippen molar-refractivity contribution < 1.29 is 8.42 Å². The highest BCUT2D eigenvalue weighted by molar-refractivity contribution is 9.10. The molecule has 0 aliphatic heterocycles. The van der Waals surface area contributed by atoms with Crippen molar-refractivity contribution in [3.05, 3.63) is 46.2 Å². The van der Waals surface area contributed by atoms with Gasteiger partial charge in [-0.15, -0.1) is 0 Å². The predicted octanol–water partition coefficient (Wildman–Crippen LogP) is 2.88. The molecule has 0 radical (unpaired) electrons. The van der Waals surface area contributed by atoms with Crippen LogP contribution < -0.4 is 10.5 Å². The van der Waals surface area contributed by atoms with Crippen LogP contribution in [0.2, 0.25) is 5.15 Å². The molecule has 100 valence electrons. The molecule has 0 unspecified atom stereocenters. The number of benzene rings is 1. The van der Waals surface area contributed by atoms with Crippen molar-refractivity contribution in [1.29, 1.82) is 0 Å². The van der Waals surface area contributed by atoms with Crippen molar-refractivity contribution in [2.45, 2.75) is 4.90 Å². The topological polar surface area (TPSA) is 85.1 Å². The highest BCUT2D eigenvalue weighted by atomic mass is 79.9. The summed E-state index contributed by atoms with van der Waals surface area (Å²) in [5, 5.41) is 0.290. The van der Waals surface area contributed by atoms with E-state index in [1.807, 2.05) is 0 Å². The average Bonchev–Trinajstić information content (AvgIpc) is 2.35. The first-order valence-electron chi connectivity index (χ1n) is 5.08. The van der Waals surface area contributed by atoms with E-state index in [9.17, 15) is 8.42 Å². The molecule has 1 aromatic carbocycles. The molecule has 0 saturated heterocycles. The van der Waals surface area contributed by atoms with Gasteiger partial charge < -0.3 is 5.73 Å². The van der Waals surface area contributed by atoms with Crippen LogP contribution in [0.1, 0.15) is 0 Å². The summed E-state index contributed by atoms with van der Waals surface area (Å²) in [6, 6.07) is 7.39. The zero-order valence-corrected chi connectivity index (χ0v) is 12.6. The third kappa shape index (κ3) is 3.37. The fourth-order valence-electron chi connectivity index (χ4n) is 1.33. The van der Waals surface area contributed by atoms with E-state index < -0.39 is 10.0 Å². The van der Waals surface area contributed by atoms with Crippen LogP contribution in [-0.2, 0) is 10.0 Å². The van der Waals surface area contributed by atoms with Crippen molar-refractivity contribution in [3.8, 4) is 0 Å². The van der Waals surface area contributed by atoms with Gasteiger partial charge in [0.2, 0.25) is 0 Å². The quantitative estimate of drug-likeness (QED) is 0.649. The summed E-state index contributed by atoms with van der Waals surface area (Å²) >= 11 is 8.82. The minimum atomic E-state index is -3.68. The van der Waals surface area contributed by atoms with E-state index in [2.05, 4.69) is 25.6 Å². The standard InChI is InChI=1S/C11H9BrClN3O2S/c12-9-5-8(2-3-10(9)14)19(17,18)16-7-1-4-11(13)15-6-7/h1-6,16H,14H2. The Morgan fingerprint density at radius 1 is 1.26 bits per heavy atom. The van der Waals surface area contributed by atoms with Crippen molar-refractivity contribution in [1.82, 2.24) is 4.98 Å². The van der Waals surface area contributed by atoms with Gasteiger partial charge in [0, 0.05) is 10.2 Å². The fourth-order valence-corrected chi connectivity index (χ4v) is 3.04. The zero-order valence-electron chi connectivity index (χ0n) is 9.47. The second-order valence-corrected chi connectivity index (χ2v) is 6.58. The van der Waals surface area contributed by atoms with Crippen LogP contribution in [0.25, 0.3) is 0 Å². The number of nitrogens with two attached hydrogens (primary N) is 1. The number of nitrogens with one attached hydrogen (secondary N) is 1. The summed E-state index contributed by atoms with van der Waals surface area (Å²) < 4.78 is 27.1. The summed E-state index contributed by atoms with van der Waals surface area (Å²) in [5.74, 6) is 0. The van der Waals surface area contributed by atoms with Gasteiger partial charge in [0.1, 0.15) is 5.15 Å². The van der Waals surface area contributed by atoms with E-state index in [4.69, 9.17) is 17.3 Å². The number of rotatable bonds is 3. The van der Waals surface area contributed by atoms with Crippen molar-refractivity contribution in [2.24, 2.45) is 0 Å². The Bertz CT molecular complexity index is 704. The molecule has 0 aliphatic rings. The van der Waals surface area contributed by atoms with Crippen LogP contribution in [0.5, 0.6) is 0 Å². The first kappa shape index (κ1) is 14.1. The molecule has 0 amide bonds. The van der Waals surface area contributed by atoms with Crippen molar-refractivity contribution >= 4 is 48.9 Å². The van der Waals surface area contributed by atoms with E-state index >= 15 is 0 Å². The maximum Gasteiger partial charge on any atom is 0.261 e. The molecular weight excluding hydrogens is 354 g/mol. The lowest BCUT2D eigenvalue weighted by Gasteiger charge is -2.08. The third-order valence-electron chi connectivity index (χ3n) is 2.26. The highest BCUT2D eigenvalue weighted by Crippen LogP contribution is 2.24. The molecule has 2 rings (SSSR count). The maximum absolute atomic E-state index is 12.1. The van der Waals surface area contributed by atoms with Gasteiger partial charge in [0.15, 0.2) is 0 Å². The smallest absolute Gasteiger partial charge is 0.261 e. The number of hydrogen-bond acceptors (Lipinski definition) is 4. The number of anilines is 2. The molecule has 1 heterocycles. The molecule has 2 aromatic rings. The average molecular weight is 363 g/mol. The van der Waals surface area contributed by atoms with Crippen LogP contribution in [0.3, 0.4) is 0 Å². The highest BCUT2D eigenvalue weighted by Gasteiger charge is 2.15. The molecule has 5 nitrogen and oxygen atoms in total. The summed E-state index contributed by atoms with van der Waals surface area (Å²) in [4.78, 5) is 3.90. The molecule has 0 atom stereocenters. The minimum Gasteiger partial charge on any atom is -0.398 e. The summed E-state index contributed by atoms with van der Waals surface area (Å²) in [7, 11) is -3.68. The van der Waals surface area contributed by atoms with Gasteiger partial charge in [-0.05, 0) is 46.3 Å². The van der Waals surface area contributed by atoms with Gasteiger partial charge in [0.25, 0.3) is 10.0 Å². The molecule has 3 N–H and O–H groups in total. The molecule has 0 fully saturated rings. The first-order chi connectivity index (χ1) is 8.88. The maximum atomic E-state index is 12.1. The summed E-state index contributed by atoms with van der Waals surface area (Å²) in [6.07, 6.45) is 1.34. The lowest BCUT2D eigenvalue weighted by Crippen LogP contribution is -2.13. The van der Waals surface area contributed by atoms with Crippen LogP contribution >= 0.6 is 27.5 Å². The van der Waals surface area contributed by atoms with Crippen molar-refractivity contribution in [2.75, 3.05) is 10.5 Å². The Kier molecular flexibility index (Phi) is 3.98. The lowest BCUT2D eigenvalue weighted by atomic mass is 10.3.